The summed E-state index contributed by atoms with van der Waals surface area (Å²) in [5, 5.41) is 0. The van der Waals surface area contributed by atoms with Gasteiger partial charge >= 0.3 is 0 Å². The molecule has 0 radical (unpaired) electrons. The fraction of sp³-hybridized carbons (Fsp3) is 0.333. The second kappa shape index (κ2) is 4.53. The highest BCUT2D eigenvalue weighted by atomic mass is 16.5. The number of imidazole rings is 1. The predicted molar refractivity (Wildman–Crippen MR) is 71.8 cm³/mol. The van der Waals surface area contributed by atoms with Crippen LogP contribution in [0.25, 0.3) is 5.69 Å². The molecule has 1 aromatic heterocycles. The van der Waals surface area contributed by atoms with Crippen LogP contribution in [-0.4, -0.2) is 22.9 Å². The van der Waals surface area contributed by atoms with Gasteiger partial charge in [0.1, 0.15) is 12.0 Å². The van der Waals surface area contributed by atoms with Gasteiger partial charge in [0.25, 0.3) is 0 Å². The van der Waals surface area contributed by atoms with Crippen molar-refractivity contribution in [2.75, 3.05) is 7.11 Å². The topological polar surface area (TPSA) is 44.1 Å². The Morgan fingerprint density at radius 1 is 1.47 bits per heavy atom. The largest absolute Gasteiger partial charge is 0.495 e. The molecule has 2 aromatic rings. The molecule has 2 atom stereocenters. The Bertz CT molecular complexity index is 618. The average Bonchev–Trinajstić information content (AvgIpc) is 3.11. The number of methoxy groups -OCH3 is 1. The van der Waals surface area contributed by atoms with E-state index >= 15 is 0 Å². The Morgan fingerprint density at radius 2 is 2.32 bits per heavy atom. The van der Waals surface area contributed by atoms with E-state index in [1.54, 1.807) is 13.4 Å². The fourth-order valence-electron chi connectivity index (χ4n) is 2.44. The molecule has 0 bridgehead atoms. The summed E-state index contributed by atoms with van der Waals surface area (Å²) in [6.07, 6.45) is 5.74. The zero-order valence-electron chi connectivity index (χ0n) is 11.0. The Morgan fingerprint density at radius 3 is 2.89 bits per heavy atom. The van der Waals surface area contributed by atoms with Crippen molar-refractivity contribution in [1.82, 2.24) is 9.55 Å². The molecule has 3 rings (SSSR count). The van der Waals surface area contributed by atoms with Crippen LogP contribution >= 0.6 is 0 Å². The van der Waals surface area contributed by atoms with Crippen LogP contribution in [0, 0.1) is 12.8 Å². The molecule has 98 valence electrons. The number of aldehydes is 1. The zero-order valence-corrected chi connectivity index (χ0v) is 11.0. The summed E-state index contributed by atoms with van der Waals surface area (Å²) >= 11 is 0. The lowest BCUT2D eigenvalue weighted by Crippen LogP contribution is -1.97. The molecule has 2 unspecified atom stereocenters. The Kier molecular flexibility index (Phi) is 2.85. The van der Waals surface area contributed by atoms with Gasteiger partial charge in [-0.25, -0.2) is 4.98 Å². The summed E-state index contributed by atoms with van der Waals surface area (Å²) in [5.74, 6) is 1.36. The molecule has 4 heteroatoms. The maximum Gasteiger partial charge on any atom is 0.143 e. The number of hydrogen-bond acceptors (Lipinski definition) is 3. The molecule has 0 amide bonds. The third-order valence-electron chi connectivity index (χ3n) is 3.64. The molecule has 1 aliphatic rings. The van der Waals surface area contributed by atoms with E-state index in [1.807, 2.05) is 29.8 Å². The van der Waals surface area contributed by atoms with Gasteiger partial charge in [0.2, 0.25) is 0 Å². The minimum absolute atomic E-state index is 0.186. The van der Waals surface area contributed by atoms with Crippen LogP contribution in [-0.2, 0) is 4.79 Å². The smallest absolute Gasteiger partial charge is 0.143 e. The highest BCUT2D eigenvalue weighted by molar-refractivity contribution is 5.62. The van der Waals surface area contributed by atoms with Crippen molar-refractivity contribution in [3.63, 3.8) is 0 Å². The van der Waals surface area contributed by atoms with Gasteiger partial charge in [-0.15, -0.1) is 0 Å². The number of rotatable bonds is 4. The first kappa shape index (κ1) is 12.0. The molecular formula is C15H16N2O2. The summed E-state index contributed by atoms with van der Waals surface area (Å²) in [6.45, 7) is 1.95. The average molecular weight is 256 g/mol. The molecule has 1 aliphatic carbocycles. The van der Waals surface area contributed by atoms with Gasteiger partial charge in [-0.1, -0.05) is 6.07 Å². The molecule has 1 heterocycles. The Hall–Kier alpha value is -2.10. The fourth-order valence-corrected chi connectivity index (χ4v) is 2.44. The van der Waals surface area contributed by atoms with Crippen LogP contribution in [0.3, 0.4) is 0 Å². The first-order chi connectivity index (χ1) is 9.22. The van der Waals surface area contributed by atoms with Crippen molar-refractivity contribution in [3.8, 4) is 11.4 Å². The SMILES string of the molecule is COc1cc(C2CC2C=O)ccc1-n1cnc(C)c1. The minimum atomic E-state index is 0.186. The van der Waals surface area contributed by atoms with Crippen LogP contribution in [0.5, 0.6) is 5.75 Å². The lowest BCUT2D eigenvalue weighted by molar-refractivity contribution is -0.108. The quantitative estimate of drug-likeness (QED) is 0.789. The summed E-state index contributed by atoms with van der Waals surface area (Å²) < 4.78 is 7.41. The summed E-state index contributed by atoms with van der Waals surface area (Å²) in [4.78, 5) is 15.0. The van der Waals surface area contributed by atoms with Crippen molar-refractivity contribution >= 4 is 6.29 Å². The molecule has 0 aliphatic heterocycles. The predicted octanol–water partition coefficient (Wildman–Crippen LogP) is 2.49. The van der Waals surface area contributed by atoms with E-state index in [9.17, 15) is 4.79 Å². The standard InChI is InChI=1S/C15H16N2O2/c1-10-7-17(9-16-10)14-4-3-11(6-15(14)19-2)13-5-12(13)8-18/h3-4,6-9,12-13H,5H2,1-2H3. The number of nitrogens with zero attached hydrogens (tertiary/aromatic N) is 2. The molecule has 4 nitrogen and oxygen atoms in total. The second-order valence-corrected chi connectivity index (χ2v) is 5.00. The summed E-state index contributed by atoms with van der Waals surface area (Å²) in [7, 11) is 1.66. The van der Waals surface area contributed by atoms with E-state index in [0.717, 1.165) is 29.8 Å². The lowest BCUT2D eigenvalue weighted by Gasteiger charge is -2.11. The third kappa shape index (κ3) is 2.14. The van der Waals surface area contributed by atoms with E-state index in [0.29, 0.717) is 5.92 Å². The zero-order chi connectivity index (χ0) is 13.4. The number of benzene rings is 1. The van der Waals surface area contributed by atoms with Gasteiger partial charge in [0.15, 0.2) is 0 Å². The molecule has 19 heavy (non-hydrogen) atoms. The first-order valence-corrected chi connectivity index (χ1v) is 6.37. The molecular weight excluding hydrogens is 240 g/mol. The second-order valence-electron chi connectivity index (χ2n) is 5.00. The normalized spacial score (nSPS) is 21.2. The summed E-state index contributed by atoms with van der Waals surface area (Å²) in [5.41, 5.74) is 3.11. The third-order valence-corrected chi connectivity index (χ3v) is 3.64. The molecule has 0 N–H and O–H groups in total. The van der Waals surface area contributed by atoms with E-state index in [1.165, 1.54) is 5.56 Å². The highest BCUT2D eigenvalue weighted by Gasteiger charge is 2.38. The van der Waals surface area contributed by atoms with Crippen LogP contribution < -0.4 is 4.74 Å². The van der Waals surface area contributed by atoms with Crippen LogP contribution in [0.15, 0.2) is 30.7 Å². The Balaban J connectivity index is 1.96. The molecule has 1 saturated carbocycles. The Labute approximate surface area is 112 Å². The van der Waals surface area contributed by atoms with Crippen LogP contribution in [0.1, 0.15) is 23.6 Å². The van der Waals surface area contributed by atoms with Crippen LogP contribution in [0.4, 0.5) is 0 Å². The monoisotopic (exact) mass is 256 g/mol. The van der Waals surface area contributed by atoms with Gasteiger partial charge in [0, 0.05) is 12.1 Å². The highest BCUT2D eigenvalue weighted by Crippen LogP contribution is 2.47. The number of ether oxygens (including phenoxy) is 1. The number of hydrogen-bond donors (Lipinski definition) is 0. The van der Waals surface area contributed by atoms with E-state index in [4.69, 9.17) is 4.74 Å². The molecule has 1 aromatic carbocycles. The first-order valence-electron chi connectivity index (χ1n) is 6.37. The van der Waals surface area contributed by atoms with Gasteiger partial charge in [-0.3, -0.25) is 0 Å². The van der Waals surface area contributed by atoms with Crippen molar-refractivity contribution in [1.29, 1.82) is 0 Å². The number of aryl methyl sites for hydroxylation is 1. The van der Waals surface area contributed by atoms with Gasteiger partial charge in [0.05, 0.1) is 24.8 Å². The number of carbonyl (C=O) groups excluding carboxylic acids is 1. The molecule has 0 spiro atoms. The van der Waals surface area contributed by atoms with Crippen molar-refractivity contribution in [2.24, 2.45) is 5.92 Å². The maximum absolute atomic E-state index is 10.8. The van der Waals surface area contributed by atoms with Crippen molar-refractivity contribution < 1.29 is 9.53 Å². The summed E-state index contributed by atoms with van der Waals surface area (Å²) in [6, 6.07) is 6.12. The van der Waals surface area contributed by atoms with Gasteiger partial charge in [-0.05, 0) is 37.0 Å². The van der Waals surface area contributed by atoms with Crippen molar-refractivity contribution in [3.05, 3.63) is 42.0 Å². The van der Waals surface area contributed by atoms with Gasteiger partial charge < -0.3 is 14.1 Å². The number of aromatic nitrogens is 2. The van der Waals surface area contributed by atoms with Crippen molar-refractivity contribution in [2.45, 2.75) is 19.3 Å². The molecule has 1 fully saturated rings. The van der Waals surface area contributed by atoms with E-state index in [2.05, 4.69) is 11.1 Å². The van der Waals surface area contributed by atoms with Crippen LogP contribution in [0.2, 0.25) is 0 Å². The number of carbonyl (C=O) groups is 1. The van der Waals surface area contributed by atoms with E-state index < -0.39 is 0 Å². The molecule has 0 saturated heterocycles. The van der Waals surface area contributed by atoms with E-state index in [-0.39, 0.29) is 5.92 Å². The van der Waals surface area contributed by atoms with Gasteiger partial charge in [-0.2, -0.15) is 0 Å². The maximum atomic E-state index is 10.8. The lowest BCUT2D eigenvalue weighted by atomic mass is 10.1. The minimum Gasteiger partial charge on any atom is -0.495 e.